The molecule has 1 nitrogen and oxygen atoms in total. The first-order chi connectivity index (χ1) is 6.66. The van der Waals surface area contributed by atoms with Gasteiger partial charge in [-0.15, -0.1) is 22.7 Å². The highest BCUT2D eigenvalue weighted by Gasteiger charge is 2.11. The van der Waals surface area contributed by atoms with Gasteiger partial charge in [0.15, 0.2) is 0 Å². The molecule has 0 fully saturated rings. The van der Waals surface area contributed by atoms with Crippen LogP contribution < -0.4 is 5.73 Å². The van der Waals surface area contributed by atoms with Gasteiger partial charge in [0.1, 0.15) is 0 Å². The lowest BCUT2D eigenvalue weighted by Crippen LogP contribution is -2.08. The predicted molar refractivity (Wildman–Crippen MR) is 64.1 cm³/mol. The zero-order valence-corrected chi connectivity index (χ0v) is 9.91. The Hall–Kier alpha value is -0.640. The molecule has 0 amide bonds. The molecule has 3 heteroatoms. The van der Waals surface area contributed by atoms with E-state index in [-0.39, 0.29) is 6.04 Å². The third-order valence-electron chi connectivity index (χ3n) is 2.18. The standard InChI is InChI=1S/C11H13NS2/c1-7-3-4-10(14-7)11(12)9-5-8(2)13-6-9/h3-6,11H,12H2,1-2H3. The highest BCUT2D eigenvalue weighted by atomic mass is 32.1. The molecule has 14 heavy (non-hydrogen) atoms. The molecule has 1 unspecified atom stereocenters. The fourth-order valence-corrected chi connectivity index (χ4v) is 3.06. The third kappa shape index (κ3) is 1.90. The van der Waals surface area contributed by atoms with Gasteiger partial charge in [0.25, 0.3) is 0 Å². The summed E-state index contributed by atoms with van der Waals surface area (Å²) >= 11 is 3.54. The topological polar surface area (TPSA) is 26.0 Å². The molecular formula is C11H13NS2. The molecule has 1 atom stereocenters. The second kappa shape index (κ2) is 3.85. The summed E-state index contributed by atoms with van der Waals surface area (Å²) in [6, 6.07) is 6.47. The lowest BCUT2D eigenvalue weighted by atomic mass is 10.1. The van der Waals surface area contributed by atoms with E-state index in [9.17, 15) is 0 Å². The Bertz CT molecular complexity index is 388. The maximum Gasteiger partial charge on any atom is 0.0654 e. The van der Waals surface area contributed by atoms with Crippen molar-refractivity contribution in [2.75, 3.05) is 0 Å². The van der Waals surface area contributed by atoms with Gasteiger partial charge in [-0.2, -0.15) is 0 Å². The van der Waals surface area contributed by atoms with E-state index in [4.69, 9.17) is 5.73 Å². The van der Waals surface area contributed by atoms with Crippen molar-refractivity contribution >= 4 is 22.7 Å². The first-order valence-corrected chi connectivity index (χ1v) is 6.23. The molecule has 2 aromatic heterocycles. The number of aryl methyl sites for hydroxylation is 2. The minimum Gasteiger partial charge on any atom is -0.320 e. The normalized spacial score (nSPS) is 13.1. The monoisotopic (exact) mass is 223 g/mol. The Morgan fingerprint density at radius 1 is 1.21 bits per heavy atom. The van der Waals surface area contributed by atoms with E-state index >= 15 is 0 Å². The predicted octanol–water partition coefficient (Wildman–Crippen LogP) is 3.47. The SMILES string of the molecule is Cc1cc(C(N)c2ccc(C)s2)cs1. The van der Waals surface area contributed by atoms with Crippen LogP contribution in [0, 0.1) is 13.8 Å². The lowest BCUT2D eigenvalue weighted by molar-refractivity contribution is 0.899. The first kappa shape index (κ1) is 9.90. The average molecular weight is 223 g/mol. The minimum absolute atomic E-state index is 0.0543. The van der Waals surface area contributed by atoms with Crippen molar-refractivity contribution in [2.45, 2.75) is 19.9 Å². The van der Waals surface area contributed by atoms with E-state index in [2.05, 4.69) is 37.4 Å². The van der Waals surface area contributed by atoms with Gasteiger partial charge >= 0.3 is 0 Å². The van der Waals surface area contributed by atoms with Crippen LogP contribution in [-0.4, -0.2) is 0 Å². The molecule has 0 saturated heterocycles. The maximum absolute atomic E-state index is 6.16. The van der Waals surface area contributed by atoms with Gasteiger partial charge < -0.3 is 5.73 Å². The van der Waals surface area contributed by atoms with Gasteiger partial charge in [0.05, 0.1) is 6.04 Å². The Morgan fingerprint density at radius 2 is 2.00 bits per heavy atom. The van der Waals surface area contributed by atoms with Crippen molar-refractivity contribution in [3.05, 3.63) is 43.8 Å². The summed E-state index contributed by atoms with van der Waals surface area (Å²) in [6.45, 7) is 4.22. The highest BCUT2D eigenvalue weighted by molar-refractivity contribution is 7.12. The maximum atomic E-state index is 6.16. The Balaban J connectivity index is 2.28. The molecule has 0 radical (unpaired) electrons. The van der Waals surface area contributed by atoms with Crippen LogP contribution in [-0.2, 0) is 0 Å². The van der Waals surface area contributed by atoms with Crippen molar-refractivity contribution in [3.63, 3.8) is 0 Å². The summed E-state index contributed by atoms with van der Waals surface area (Å²) in [5.41, 5.74) is 7.39. The fraction of sp³-hybridized carbons (Fsp3) is 0.273. The molecule has 0 aromatic carbocycles. The van der Waals surface area contributed by atoms with Crippen LogP contribution in [0.25, 0.3) is 0 Å². The van der Waals surface area contributed by atoms with Gasteiger partial charge in [-0.3, -0.25) is 0 Å². The molecule has 2 aromatic rings. The Morgan fingerprint density at radius 3 is 2.50 bits per heavy atom. The molecule has 0 saturated carbocycles. The van der Waals surface area contributed by atoms with E-state index in [1.807, 2.05) is 0 Å². The van der Waals surface area contributed by atoms with Crippen LogP contribution in [0.4, 0.5) is 0 Å². The largest absolute Gasteiger partial charge is 0.320 e. The van der Waals surface area contributed by atoms with Crippen LogP contribution in [0.3, 0.4) is 0 Å². The van der Waals surface area contributed by atoms with Crippen LogP contribution in [0.1, 0.15) is 26.2 Å². The molecule has 0 aliphatic carbocycles. The van der Waals surface area contributed by atoms with E-state index < -0.39 is 0 Å². The number of rotatable bonds is 2. The zero-order valence-electron chi connectivity index (χ0n) is 8.28. The third-order valence-corrected chi connectivity index (χ3v) is 4.14. The molecule has 0 aliphatic heterocycles. The average Bonchev–Trinajstić information content (AvgIpc) is 2.73. The lowest BCUT2D eigenvalue weighted by Gasteiger charge is -2.06. The fourth-order valence-electron chi connectivity index (χ4n) is 1.41. The van der Waals surface area contributed by atoms with Crippen molar-refractivity contribution < 1.29 is 0 Å². The number of hydrogen-bond donors (Lipinski definition) is 1. The molecule has 0 bridgehead atoms. The molecule has 74 valence electrons. The summed E-state index contributed by atoms with van der Waals surface area (Å²) in [6.07, 6.45) is 0. The Kier molecular flexibility index (Phi) is 2.72. The van der Waals surface area contributed by atoms with Crippen molar-refractivity contribution in [2.24, 2.45) is 5.73 Å². The van der Waals surface area contributed by atoms with Crippen molar-refractivity contribution in [3.8, 4) is 0 Å². The van der Waals surface area contributed by atoms with Crippen molar-refractivity contribution in [1.29, 1.82) is 0 Å². The number of hydrogen-bond acceptors (Lipinski definition) is 3. The second-order valence-electron chi connectivity index (χ2n) is 3.42. The van der Waals surface area contributed by atoms with E-state index in [0.29, 0.717) is 0 Å². The van der Waals surface area contributed by atoms with Gasteiger partial charge in [0, 0.05) is 14.6 Å². The molecule has 0 spiro atoms. The van der Waals surface area contributed by atoms with E-state index in [0.717, 1.165) is 0 Å². The quantitative estimate of drug-likeness (QED) is 0.829. The van der Waals surface area contributed by atoms with E-state index in [1.54, 1.807) is 22.7 Å². The van der Waals surface area contributed by atoms with Crippen molar-refractivity contribution in [1.82, 2.24) is 0 Å². The number of thiophene rings is 2. The summed E-state index contributed by atoms with van der Waals surface area (Å²) in [5, 5.41) is 2.15. The highest BCUT2D eigenvalue weighted by Crippen LogP contribution is 2.28. The van der Waals surface area contributed by atoms with Crippen LogP contribution in [0.5, 0.6) is 0 Å². The number of nitrogens with two attached hydrogens (primary N) is 1. The second-order valence-corrected chi connectivity index (χ2v) is 5.85. The molecule has 2 heterocycles. The molecule has 0 aliphatic rings. The first-order valence-electron chi connectivity index (χ1n) is 4.54. The van der Waals surface area contributed by atoms with Gasteiger partial charge in [0.2, 0.25) is 0 Å². The molecule has 2 rings (SSSR count). The zero-order chi connectivity index (χ0) is 10.1. The van der Waals surface area contributed by atoms with Crippen LogP contribution >= 0.6 is 22.7 Å². The van der Waals surface area contributed by atoms with Gasteiger partial charge in [-0.1, -0.05) is 0 Å². The van der Waals surface area contributed by atoms with E-state index in [1.165, 1.54) is 20.2 Å². The minimum atomic E-state index is 0.0543. The van der Waals surface area contributed by atoms with Gasteiger partial charge in [-0.05, 0) is 43.0 Å². The summed E-state index contributed by atoms with van der Waals surface area (Å²) in [4.78, 5) is 3.89. The molecule has 2 N–H and O–H groups in total. The van der Waals surface area contributed by atoms with Crippen LogP contribution in [0.2, 0.25) is 0 Å². The molecular weight excluding hydrogens is 210 g/mol. The van der Waals surface area contributed by atoms with Crippen LogP contribution in [0.15, 0.2) is 23.6 Å². The summed E-state index contributed by atoms with van der Waals surface area (Å²) < 4.78 is 0. The smallest absolute Gasteiger partial charge is 0.0654 e. The summed E-state index contributed by atoms with van der Waals surface area (Å²) in [5.74, 6) is 0. The van der Waals surface area contributed by atoms with Gasteiger partial charge in [-0.25, -0.2) is 0 Å². The summed E-state index contributed by atoms with van der Waals surface area (Å²) in [7, 11) is 0. The Labute approximate surface area is 92.2 Å².